The van der Waals surface area contributed by atoms with E-state index in [0.29, 0.717) is 0 Å². The van der Waals surface area contributed by atoms with Crippen LogP contribution in [0.4, 0.5) is 0 Å². The van der Waals surface area contributed by atoms with Crippen LogP contribution in [0, 0.1) is 6.92 Å². The lowest BCUT2D eigenvalue weighted by atomic mass is 10.1. The summed E-state index contributed by atoms with van der Waals surface area (Å²) >= 11 is 3.46. The molecule has 1 aromatic rings. The van der Waals surface area contributed by atoms with E-state index in [-0.39, 0.29) is 0 Å². The van der Waals surface area contributed by atoms with Crippen molar-refractivity contribution in [1.29, 1.82) is 0 Å². The van der Waals surface area contributed by atoms with Gasteiger partial charge < -0.3 is 0 Å². The van der Waals surface area contributed by atoms with Crippen LogP contribution in [0.25, 0.3) is 0 Å². The summed E-state index contributed by atoms with van der Waals surface area (Å²) in [5.41, 5.74) is 2.41. The van der Waals surface area contributed by atoms with Crippen LogP contribution in [0.2, 0.25) is 0 Å². The topological polar surface area (TPSA) is 0 Å². The monoisotopic (exact) mass is 197 g/mol. The van der Waals surface area contributed by atoms with E-state index in [4.69, 9.17) is 0 Å². The summed E-state index contributed by atoms with van der Waals surface area (Å²) in [6.45, 7) is 5.99. The average Bonchev–Trinajstić information content (AvgIpc) is 1.94. The van der Waals surface area contributed by atoms with Crippen LogP contribution >= 0.6 is 15.9 Å². The van der Waals surface area contributed by atoms with Crippen LogP contribution in [0.5, 0.6) is 0 Å². The molecule has 0 bridgehead atoms. The molecule has 0 aliphatic rings. The Morgan fingerprint density at radius 2 is 2.20 bits per heavy atom. The Balaban J connectivity index is 3.09. The van der Waals surface area contributed by atoms with E-state index in [1.165, 1.54) is 10.0 Å². The van der Waals surface area contributed by atoms with E-state index < -0.39 is 0 Å². The van der Waals surface area contributed by atoms with Crippen molar-refractivity contribution < 1.29 is 0 Å². The lowest BCUT2D eigenvalue weighted by Crippen LogP contribution is -1.82. The van der Waals surface area contributed by atoms with Crippen molar-refractivity contribution in [3.8, 4) is 0 Å². The highest BCUT2D eigenvalue weighted by Gasteiger charge is 1.95. The molecule has 0 aromatic heterocycles. The molecule has 0 heterocycles. The Labute approximate surface area is 70.4 Å². The zero-order valence-electron chi connectivity index (χ0n) is 6.02. The molecule has 0 nitrogen and oxygen atoms in total. The molecule has 53 valence electrons. The van der Waals surface area contributed by atoms with E-state index in [1.54, 1.807) is 0 Å². The zero-order chi connectivity index (χ0) is 7.56. The van der Waals surface area contributed by atoms with Gasteiger partial charge in [-0.25, -0.2) is 0 Å². The molecule has 1 rings (SSSR count). The Hall–Kier alpha value is -0.300. The summed E-state index contributed by atoms with van der Waals surface area (Å²) in [4.78, 5) is 0. The molecule has 0 N–H and O–H groups in total. The summed E-state index contributed by atoms with van der Waals surface area (Å²) < 4.78 is 1.18. The molecule has 1 radical (unpaired) electrons. The van der Waals surface area contributed by atoms with Gasteiger partial charge >= 0.3 is 0 Å². The predicted octanol–water partition coefficient (Wildman–Crippen LogP) is 3.19. The molecule has 0 saturated carbocycles. The highest BCUT2D eigenvalue weighted by molar-refractivity contribution is 9.10. The molecule has 0 saturated heterocycles. The number of hydrogen-bond donors (Lipinski definition) is 0. The predicted molar refractivity (Wildman–Crippen MR) is 48.0 cm³/mol. The standard InChI is InChI=1S/C9H10Br/c1-3-8-6-7(2)4-5-9(8)10/h4-6H,2-3H2,1H3. The van der Waals surface area contributed by atoms with Gasteiger partial charge in [-0.05, 0) is 30.5 Å². The molecule has 0 unspecified atom stereocenters. The molecule has 1 aromatic carbocycles. The summed E-state index contributed by atoms with van der Waals surface area (Å²) in [6.07, 6.45) is 1.06. The summed E-state index contributed by atoms with van der Waals surface area (Å²) in [5.74, 6) is 0. The van der Waals surface area contributed by atoms with Crippen LogP contribution in [0.3, 0.4) is 0 Å². The molecule has 10 heavy (non-hydrogen) atoms. The molecule has 0 atom stereocenters. The van der Waals surface area contributed by atoms with Gasteiger partial charge in [-0.15, -0.1) is 0 Å². The highest BCUT2D eigenvalue weighted by atomic mass is 79.9. The van der Waals surface area contributed by atoms with Crippen molar-refractivity contribution in [3.05, 3.63) is 40.7 Å². The van der Waals surface area contributed by atoms with Gasteiger partial charge in [0.15, 0.2) is 0 Å². The molecular formula is C9H10Br. The van der Waals surface area contributed by atoms with Gasteiger partial charge in [-0.2, -0.15) is 0 Å². The first-order chi connectivity index (χ1) is 4.74. The zero-order valence-corrected chi connectivity index (χ0v) is 7.61. The fraction of sp³-hybridized carbons (Fsp3) is 0.222. The minimum atomic E-state index is 1.06. The van der Waals surface area contributed by atoms with Crippen molar-refractivity contribution in [2.75, 3.05) is 0 Å². The van der Waals surface area contributed by atoms with Crippen molar-refractivity contribution in [3.63, 3.8) is 0 Å². The quantitative estimate of drug-likeness (QED) is 0.649. The van der Waals surface area contributed by atoms with Gasteiger partial charge in [-0.3, -0.25) is 0 Å². The maximum absolute atomic E-state index is 3.85. The second kappa shape index (κ2) is 3.20. The van der Waals surface area contributed by atoms with Gasteiger partial charge in [0.25, 0.3) is 0 Å². The fourth-order valence-electron chi connectivity index (χ4n) is 0.899. The third-order valence-corrected chi connectivity index (χ3v) is 2.26. The summed E-state index contributed by atoms with van der Waals surface area (Å²) in [6, 6.07) is 6.15. The largest absolute Gasteiger partial charge is 0.0613 e. The van der Waals surface area contributed by atoms with Crippen LogP contribution in [0.15, 0.2) is 22.7 Å². The molecule has 0 aliphatic heterocycles. The van der Waals surface area contributed by atoms with E-state index in [2.05, 4.69) is 35.8 Å². The van der Waals surface area contributed by atoms with E-state index in [1.807, 2.05) is 12.1 Å². The SMILES string of the molecule is [CH2]c1ccc(Br)c(CC)c1. The van der Waals surface area contributed by atoms with Crippen molar-refractivity contribution in [2.24, 2.45) is 0 Å². The first-order valence-electron chi connectivity index (χ1n) is 3.34. The van der Waals surface area contributed by atoms with Gasteiger partial charge in [0.1, 0.15) is 0 Å². The van der Waals surface area contributed by atoms with Gasteiger partial charge in [-0.1, -0.05) is 35.0 Å². The van der Waals surface area contributed by atoms with Crippen LogP contribution < -0.4 is 0 Å². The number of aryl methyl sites for hydroxylation is 1. The lowest BCUT2D eigenvalue weighted by molar-refractivity contribution is 1.12. The Bertz CT molecular complexity index is 228. The minimum absolute atomic E-state index is 1.06. The third kappa shape index (κ3) is 1.60. The molecule has 0 aliphatic carbocycles. The number of halogens is 1. The van der Waals surface area contributed by atoms with Gasteiger partial charge in [0, 0.05) is 4.47 Å². The van der Waals surface area contributed by atoms with E-state index in [0.717, 1.165) is 12.0 Å². The summed E-state index contributed by atoms with van der Waals surface area (Å²) in [7, 11) is 0. The molecule has 1 heteroatoms. The number of hydrogen-bond acceptors (Lipinski definition) is 0. The summed E-state index contributed by atoms with van der Waals surface area (Å²) in [5, 5.41) is 0. The van der Waals surface area contributed by atoms with Crippen LogP contribution in [0.1, 0.15) is 18.1 Å². The first-order valence-corrected chi connectivity index (χ1v) is 4.13. The second-order valence-corrected chi connectivity index (χ2v) is 3.13. The number of benzene rings is 1. The lowest BCUT2D eigenvalue weighted by Gasteiger charge is -2.00. The first kappa shape index (κ1) is 7.80. The minimum Gasteiger partial charge on any atom is -0.0613 e. The maximum Gasteiger partial charge on any atom is 0.0207 e. The van der Waals surface area contributed by atoms with E-state index in [9.17, 15) is 0 Å². The average molecular weight is 198 g/mol. The van der Waals surface area contributed by atoms with Crippen LogP contribution in [-0.2, 0) is 6.42 Å². The Kier molecular flexibility index (Phi) is 2.50. The van der Waals surface area contributed by atoms with Gasteiger partial charge in [0.2, 0.25) is 0 Å². The molecule has 0 amide bonds. The normalized spacial score (nSPS) is 9.90. The Morgan fingerprint density at radius 3 is 2.70 bits per heavy atom. The second-order valence-electron chi connectivity index (χ2n) is 2.28. The van der Waals surface area contributed by atoms with Crippen molar-refractivity contribution in [1.82, 2.24) is 0 Å². The van der Waals surface area contributed by atoms with Crippen molar-refractivity contribution >= 4 is 15.9 Å². The fourth-order valence-corrected chi connectivity index (χ4v) is 1.43. The van der Waals surface area contributed by atoms with Crippen molar-refractivity contribution in [2.45, 2.75) is 13.3 Å². The Morgan fingerprint density at radius 1 is 1.50 bits per heavy atom. The molecule has 0 fully saturated rings. The van der Waals surface area contributed by atoms with E-state index >= 15 is 0 Å². The molecular weight excluding hydrogens is 188 g/mol. The molecule has 0 spiro atoms. The van der Waals surface area contributed by atoms with Crippen LogP contribution in [-0.4, -0.2) is 0 Å². The third-order valence-electron chi connectivity index (χ3n) is 1.49. The highest BCUT2D eigenvalue weighted by Crippen LogP contribution is 2.17. The maximum atomic E-state index is 3.85. The number of rotatable bonds is 1. The van der Waals surface area contributed by atoms with Gasteiger partial charge in [0.05, 0.1) is 0 Å². The smallest absolute Gasteiger partial charge is 0.0207 e.